The quantitative estimate of drug-likeness (QED) is 0.885. The van der Waals surface area contributed by atoms with Crippen molar-refractivity contribution in [2.45, 2.75) is 6.18 Å². The van der Waals surface area contributed by atoms with E-state index >= 15 is 0 Å². The Bertz CT molecular complexity index is 357. The summed E-state index contributed by atoms with van der Waals surface area (Å²) in [7, 11) is 0. The van der Waals surface area contributed by atoms with E-state index in [9.17, 15) is 13.2 Å². The summed E-state index contributed by atoms with van der Waals surface area (Å²) in [6.07, 6.45) is -4.46. The standard InChI is InChI=1S/C9H9Cl2F3N2/c10-6-3-5(9(12,13)14)4-7(11)8(6)16-2-1-15/h3-4,16H,1-2,15H2. The van der Waals surface area contributed by atoms with Crippen molar-refractivity contribution in [3.63, 3.8) is 0 Å². The van der Waals surface area contributed by atoms with Crippen LogP contribution in [-0.4, -0.2) is 13.1 Å². The molecule has 0 bridgehead atoms. The van der Waals surface area contributed by atoms with Crippen LogP contribution >= 0.6 is 23.2 Å². The van der Waals surface area contributed by atoms with Crippen LogP contribution in [0.4, 0.5) is 18.9 Å². The fraction of sp³-hybridized carbons (Fsp3) is 0.333. The van der Waals surface area contributed by atoms with Crippen LogP contribution < -0.4 is 11.1 Å². The van der Waals surface area contributed by atoms with Crippen LogP contribution in [0.1, 0.15) is 5.56 Å². The molecule has 0 aliphatic heterocycles. The fourth-order valence-electron chi connectivity index (χ4n) is 1.10. The predicted molar refractivity (Wildman–Crippen MR) is 59.0 cm³/mol. The molecule has 3 N–H and O–H groups in total. The number of rotatable bonds is 3. The monoisotopic (exact) mass is 272 g/mol. The van der Waals surface area contributed by atoms with Crippen molar-refractivity contribution in [2.75, 3.05) is 18.4 Å². The normalized spacial score (nSPS) is 11.6. The summed E-state index contributed by atoms with van der Waals surface area (Å²) in [5.74, 6) is 0. The number of anilines is 1. The number of nitrogens with one attached hydrogen (secondary N) is 1. The molecule has 0 aliphatic carbocycles. The van der Waals surface area contributed by atoms with Crippen molar-refractivity contribution < 1.29 is 13.2 Å². The van der Waals surface area contributed by atoms with Gasteiger partial charge in [0.2, 0.25) is 0 Å². The van der Waals surface area contributed by atoms with Crippen molar-refractivity contribution in [1.82, 2.24) is 0 Å². The molecular weight excluding hydrogens is 264 g/mol. The number of hydrogen-bond donors (Lipinski definition) is 2. The highest BCUT2D eigenvalue weighted by Gasteiger charge is 2.31. The van der Waals surface area contributed by atoms with Crippen LogP contribution in [0.2, 0.25) is 10.0 Å². The summed E-state index contributed by atoms with van der Waals surface area (Å²) in [6.45, 7) is 0.707. The van der Waals surface area contributed by atoms with Gasteiger partial charge in [0.15, 0.2) is 0 Å². The molecular formula is C9H9Cl2F3N2. The van der Waals surface area contributed by atoms with Crippen molar-refractivity contribution in [2.24, 2.45) is 5.73 Å². The zero-order valence-corrected chi connectivity index (χ0v) is 9.55. The molecule has 0 heterocycles. The molecule has 0 radical (unpaired) electrons. The van der Waals surface area contributed by atoms with Gasteiger partial charge < -0.3 is 11.1 Å². The lowest BCUT2D eigenvalue weighted by atomic mass is 10.2. The van der Waals surface area contributed by atoms with Gasteiger partial charge in [-0.2, -0.15) is 13.2 Å². The van der Waals surface area contributed by atoms with Crippen molar-refractivity contribution >= 4 is 28.9 Å². The van der Waals surface area contributed by atoms with E-state index in [0.29, 0.717) is 13.1 Å². The first-order valence-corrected chi connectivity index (χ1v) is 5.12. The first-order chi connectivity index (χ1) is 7.36. The summed E-state index contributed by atoms with van der Waals surface area (Å²) in [4.78, 5) is 0. The highest BCUT2D eigenvalue weighted by molar-refractivity contribution is 6.39. The highest BCUT2D eigenvalue weighted by Crippen LogP contribution is 2.38. The Labute approximate surface area is 101 Å². The number of nitrogens with two attached hydrogens (primary N) is 1. The Kier molecular flexibility index (Phi) is 4.29. The van der Waals surface area contributed by atoms with Gasteiger partial charge in [-0.1, -0.05) is 23.2 Å². The summed E-state index contributed by atoms with van der Waals surface area (Å²) >= 11 is 11.4. The Morgan fingerprint density at radius 1 is 1.19 bits per heavy atom. The lowest BCUT2D eigenvalue weighted by Gasteiger charge is -2.13. The van der Waals surface area contributed by atoms with E-state index in [1.165, 1.54) is 0 Å². The van der Waals surface area contributed by atoms with Gasteiger partial charge in [-0.15, -0.1) is 0 Å². The molecule has 0 saturated heterocycles. The molecule has 16 heavy (non-hydrogen) atoms. The molecule has 0 spiro atoms. The van der Waals surface area contributed by atoms with Crippen LogP contribution in [0.5, 0.6) is 0 Å². The number of halogens is 5. The molecule has 90 valence electrons. The molecule has 0 unspecified atom stereocenters. The van der Waals surface area contributed by atoms with E-state index in [4.69, 9.17) is 28.9 Å². The maximum absolute atomic E-state index is 12.4. The second-order valence-electron chi connectivity index (χ2n) is 3.03. The third-order valence-corrected chi connectivity index (χ3v) is 2.41. The average Bonchev–Trinajstić information content (AvgIpc) is 2.15. The molecule has 2 nitrogen and oxygen atoms in total. The minimum Gasteiger partial charge on any atom is -0.381 e. The predicted octanol–water partition coefficient (Wildman–Crippen LogP) is 3.38. The SMILES string of the molecule is NCCNc1c(Cl)cc(C(F)(F)F)cc1Cl. The maximum atomic E-state index is 12.4. The number of alkyl halides is 3. The Balaban J connectivity index is 3.08. The van der Waals surface area contributed by atoms with Gasteiger partial charge in [0.1, 0.15) is 0 Å². The van der Waals surface area contributed by atoms with Crippen LogP contribution in [0, 0.1) is 0 Å². The van der Waals surface area contributed by atoms with Gasteiger partial charge in [0.25, 0.3) is 0 Å². The molecule has 7 heteroatoms. The lowest BCUT2D eigenvalue weighted by Crippen LogP contribution is -2.14. The Morgan fingerprint density at radius 3 is 2.06 bits per heavy atom. The zero-order chi connectivity index (χ0) is 12.3. The maximum Gasteiger partial charge on any atom is 0.416 e. The Morgan fingerprint density at radius 2 is 1.69 bits per heavy atom. The minimum atomic E-state index is -4.46. The minimum absolute atomic E-state index is 0.0757. The van der Waals surface area contributed by atoms with Gasteiger partial charge in [-0.25, -0.2) is 0 Å². The van der Waals surface area contributed by atoms with E-state index in [-0.39, 0.29) is 15.7 Å². The molecule has 1 aromatic rings. The van der Waals surface area contributed by atoms with E-state index in [0.717, 1.165) is 12.1 Å². The van der Waals surface area contributed by atoms with Gasteiger partial charge in [-0.05, 0) is 12.1 Å². The van der Waals surface area contributed by atoms with Gasteiger partial charge >= 0.3 is 6.18 Å². The second-order valence-corrected chi connectivity index (χ2v) is 3.84. The van der Waals surface area contributed by atoms with Crippen LogP contribution in [0.15, 0.2) is 12.1 Å². The Hall–Kier alpha value is -0.650. The van der Waals surface area contributed by atoms with Crippen molar-refractivity contribution in [3.05, 3.63) is 27.7 Å². The van der Waals surface area contributed by atoms with E-state index < -0.39 is 11.7 Å². The third kappa shape index (κ3) is 3.17. The molecule has 1 aromatic carbocycles. The molecule has 0 atom stereocenters. The molecule has 1 rings (SSSR count). The second kappa shape index (κ2) is 5.12. The van der Waals surface area contributed by atoms with E-state index in [1.54, 1.807) is 0 Å². The summed E-state index contributed by atoms with van der Waals surface area (Å²) < 4.78 is 37.1. The van der Waals surface area contributed by atoms with Crippen LogP contribution in [0.25, 0.3) is 0 Å². The molecule has 0 aliphatic rings. The summed E-state index contributed by atoms with van der Waals surface area (Å²) in [6, 6.07) is 1.65. The summed E-state index contributed by atoms with van der Waals surface area (Å²) in [5.41, 5.74) is 4.64. The van der Waals surface area contributed by atoms with Gasteiger partial charge in [0.05, 0.1) is 21.3 Å². The van der Waals surface area contributed by atoms with Crippen LogP contribution in [-0.2, 0) is 6.18 Å². The molecule has 0 fully saturated rings. The first-order valence-electron chi connectivity index (χ1n) is 4.36. The summed E-state index contributed by atoms with van der Waals surface area (Å²) in [5, 5.41) is 2.60. The zero-order valence-electron chi connectivity index (χ0n) is 8.04. The van der Waals surface area contributed by atoms with Crippen molar-refractivity contribution in [3.8, 4) is 0 Å². The molecule has 0 saturated carbocycles. The highest BCUT2D eigenvalue weighted by atomic mass is 35.5. The lowest BCUT2D eigenvalue weighted by molar-refractivity contribution is -0.137. The van der Waals surface area contributed by atoms with Crippen LogP contribution in [0.3, 0.4) is 0 Å². The van der Waals surface area contributed by atoms with E-state index in [2.05, 4.69) is 5.32 Å². The number of hydrogen-bond acceptors (Lipinski definition) is 2. The fourth-order valence-corrected chi connectivity index (χ4v) is 1.72. The van der Waals surface area contributed by atoms with Gasteiger partial charge in [0, 0.05) is 13.1 Å². The molecule has 0 amide bonds. The first kappa shape index (κ1) is 13.4. The van der Waals surface area contributed by atoms with E-state index in [1.807, 2.05) is 0 Å². The average molecular weight is 273 g/mol. The third-order valence-electron chi connectivity index (χ3n) is 1.82. The van der Waals surface area contributed by atoms with Crippen molar-refractivity contribution in [1.29, 1.82) is 0 Å². The largest absolute Gasteiger partial charge is 0.416 e. The topological polar surface area (TPSA) is 38.0 Å². The number of benzene rings is 1. The molecule has 0 aromatic heterocycles. The smallest absolute Gasteiger partial charge is 0.381 e. The van der Waals surface area contributed by atoms with Gasteiger partial charge in [-0.3, -0.25) is 0 Å².